The average Bonchev–Trinajstić information content (AvgIpc) is 2.49. The molecule has 0 aliphatic heterocycles. The van der Waals surface area contributed by atoms with E-state index in [4.69, 9.17) is 9.47 Å². The van der Waals surface area contributed by atoms with E-state index in [-0.39, 0.29) is 5.78 Å². The number of ether oxygens (including phenoxy) is 2. The molecular formula is C16H17NO3. The van der Waals surface area contributed by atoms with Gasteiger partial charge in [0.2, 0.25) is 0 Å². The van der Waals surface area contributed by atoms with Crippen LogP contribution in [0.3, 0.4) is 0 Å². The molecule has 0 saturated heterocycles. The van der Waals surface area contributed by atoms with Crippen molar-refractivity contribution < 1.29 is 14.3 Å². The topological polar surface area (TPSA) is 48.4 Å². The van der Waals surface area contributed by atoms with E-state index in [0.717, 1.165) is 5.56 Å². The number of aromatic nitrogens is 1. The molecule has 0 bridgehead atoms. The van der Waals surface area contributed by atoms with E-state index in [1.54, 1.807) is 31.6 Å². The minimum Gasteiger partial charge on any atom is -0.490 e. The molecule has 0 spiro atoms. The first-order valence-corrected chi connectivity index (χ1v) is 6.44. The summed E-state index contributed by atoms with van der Waals surface area (Å²) in [4.78, 5) is 16.3. The lowest BCUT2D eigenvalue weighted by atomic mass is 10.0. The highest BCUT2D eigenvalue weighted by Gasteiger charge is 2.12. The molecule has 4 heteroatoms. The van der Waals surface area contributed by atoms with Gasteiger partial charge in [0.15, 0.2) is 5.78 Å². The summed E-state index contributed by atoms with van der Waals surface area (Å²) in [6.45, 7) is 0.920. The number of nitrogens with zero attached hydrogens (tertiary/aromatic N) is 1. The van der Waals surface area contributed by atoms with E-state index in [1.165, 1.54) is 0 Å². The zero-order chi connectivity index (χ0) is 14.2. The lowest BCUT2D eigenvalue weighted by molar-refractivity contribution is 0.0985. The van der Waals surface area contributed by atoms with Crippen LogP contribution in [-0.4, -0.2) is 31.1 Å². The second-order valence-corrected chi connectivity index (χ2v) is 4.29. The molecule has 1 heterocycles. The van der Waals surface area contributed by atoms with E-state index >= 15 is 0 Å². The van der Waals surface area contributed by atoms with Gasteiger partial charge in [0, 0.05) is 25.9 Å². The van der Waals surface area contributed by atoms with E-state index < -0.39 is 0 Å². The van der Waals surface area contributed by atoms with Gasteiger partial charge >= 0.3 is 0 Å². The van der Waals surface area contributed by atoms with Crippen molar-refractivity contribution in [2.24, 2.45) is 0 Å². The van der Waals surface area contributed by atoms with Gasteiger partial charge in [-0.05, 0) is 29.8 Å². The third-order valence-electron chi connectivity index (χ3n) is 2.85. The maximum absolute atomic E-state index is 12.3. The van der Waals surface area contributed by atoms with Gasteiger partial charge in [-0.3, -0.25) is 9.78 Å². The molecule has 0 fully saturated rings. The Morgan fingerprint density at radius 3 is 2.60 bits per heavy atom. The zero-order valence-corrected chi connectivity index (χ0v) is 11.4. The second kappa shape index (κ2) is 7.40. The summed E-state index contributed by atoms with van der Waals surface area (Å²) in [5, 5.41) is 0. The first-order chi connectivity index (χ1) is 9.81. The Balaban J connectivity index is 2.09. The Morgan fingerprint density at radius 2 is 1.85 bits per heavy atom. The summed E-state index contributed by atoms with van der Waals surface area (Å²) in [6, 6.07) is 11.0. The molecule has 0 saturated carbocycles. The SMILES string of the molecule is COCCOc1ccccc1C(=O)Cc1ccncc1. The van der Waals surface area contributed by atoms with Crippen LogP contribution in [0.15, 0.2) is 48.8 Å². The van der Waals surface area contributed by atoms with Crippen LogP contribution < -0.4 is 4.74 Å². The predicted molar refractivity (Wildman–Crippen MR) is 76.1 cm³/mol. The third-order valence-corrected chi connectivity index (χ3v) is 2.85. The number of hydrogen-bond acceptors (Lipinski definition) is 4. The molecule has 104 valence electrons. The summed E-state index contributed by atoms with van der Waals surface area (Å²) in [7, 11) is 1.61. The third kappa shape index (κ3) is 3.90. The standard InChI is InChI=1S/C16H17NO3/c1-19-10-11-20-16-5-3-2-4-14(16)15(18)12-13-6-8-17-9-7-13/h2-9H,10-12H2,1H3. The summed E-state index contributed by atoms with van der Waals surface area (Å²) < 4.78 is 10.5. The molecule has 0 atom stereocenters. The number of benzene rings is 1. The highest BCUT2D eigenvalue weighted by molar-refractivity contribution is 5.99. The number of rotatable bonds is 7. The molecule has 2 rings (SSSR count). The number of hydrogen-bond donors (Lipinski definition) is 0. The Morgan fingerprint density at radius 1 is 1.10 bits per heavy atom. The molecule has 4 nitrogen and oxygen atoms in total. The van der Waals surface area contributed by atoms with Gasteiger partial charge in [-0.15, -0.1) is 0 Å². The molecule has 0 unspecified atom stereocenters. The van der Waals surface area contributed by atoms with Crippen molar-refractivity contribution in [1.29, 1.82) is 0 Å². The monoisotopic (exact) mass is 271 g/mol. The lowest BCUT2D eigenvalue weighted by Crippen LogP contribution is -2.10. The molecule has 0 aliphatic carbocycles. The molecule has 20 heavy (non-hydrogen) atoms. The Bertz CT molecular complexity index is 555. The number of carbonyl (C=O) groups is 1. The molecule has 0 amide bonds. The van der Waals surface area contributed by atoms with Crippen molar-refractivity contribution in [2.45, 2.75) is 6.42 Å². The number of methoxy groups -OCH3 is 1. The Kier molecular flexibility index (Phi) is 5.26. The Hall–Kier alpha value is -2.20. The molecule has 1 aromatic carbocycles. The minimum absolute atomic E-state index is 0.0317. The molecule has 1 aromatic heterocycles. The quantitative estimate of drug-likeness (QED) is 0.573. The predicted octanol–water partition coefficient (Wildman–Crippen LogP) is 2.53. The van der Waals surface area contributed by atoms with Crippen molar-refractivity contribution in [2.75, 3.05) is 20.3 Å². The summed E-state index contributed by atoms with van der Waals surface area (Å²) >= 11 is 0. The number of pyridine rings is 1. The molecule has 2 aromatic rings. The number of ketones is 1. The fraction of sp³-hybridized carbons (Fsp3) is 0.250. The maximum atomic E-state index is 12.3. The van der Waals surface area contributed by atoms with Gasteiger partial charge < -0.3 is 9.47 Å². The van der Waals surface area contributed by atoms with Crippen LogP contribution in [0.1, 0.15) is 15.9 Å². The van der Waals surface area contributed by atoms with Crippen LogP contribution in [0.25, 0.3) is 0 Å². The molecular weight excluding hydrogens is 254 g/mol. The van der Waals surface area contributed by atoms with E-state index in [9.17, 15) is 4.79 Å². The highest BCUT2D eigenvalue weighted by Crippen LogP contribution is 2.20. The number of Topliss-reactive ketones (excluding diaryl/α,β-unsaturated/α-hetero) is 1. The average molecular weight is 271 g/mol. The molecule has 0 aliphatic rings. The van der Waals surface area contributed by atoms with Crippen molar-refractivity contribution in [3.63, 3.8) is 0 Å². The van der Waals surface area contributed by atoms with Crippen LogP contribution in [0, 0.1) is 0 Å². The fourth-order valence-corrected chi connectivity index (χ4v) is 1.84. The van der Waals surface area contributed by atoms with Crippen molar-refractivity contribution >= 4 is 5.78 Å². The van der Waals surface area contributed by atoms with Crippen molar-refractivity contribution in [1.82, 2.24) is 4.98 Å². The maximum Gasteiger partial charge on any atom is 0.170 e. The van der Waals surface area contributed by atoms with Crippen LogP contribution >= 0.6 is 0 Å². The normalized spacial score (nSPS) is 10.2. The largest absolute Gasteiger partial charge is 0.490 e. The lowest BCUT2D eigenvalue weighted by Gasteiger charge is -2.10. The summed E-state index contributed by atoms with van der Waals surface area (Å²) in [6.07, 6.45) is 3.71. The summed E-state index contributed by atoms with van der Waals surface area (Å²) in [5.74, 6) is 0.632. The van der Waals surface area contributed by atoms with Crippen LogP contribution in [0.2, 0.25) is 0 Å². The summed E-state index contributed by atoms with van der Waals surface area (Å²) in [5.41, 5.74) is 1.54. The van der Waals surface area contributed by atoms with Crippen molar-refractivity contribution in [3.8, 4) is 5.75 Å². The van der Waals surface area contributed by atoms with Gasteiger partial charge in [-0.2, -0.15) is 0 Å². The first-order valence-electron chi connectivity index (χ1n) is 6.44. The van der Waals surface area contributed by atoms with E-state index in [1.807, 2.05) is 24.3 Å². The molecule has 0 N–H and O–H groups in total. The van der Waals surface area contributed by atoms with Gasteiger partial charge in [-0.1, -0.05) is 12.1 Å². The zero-order valence-electron chi connectivity index (χ0n) is 11.4. The number of para-hydroxylation sites is 1. The van der Waals surface area contributed by atoms with Crippen LogP contribution in [0.5, 0.6) is 5.75 Å². The molecule has 0 radical (unpaired) electrons. The van der Waals surface area contributed by atoms with E-state index in [0.29, 0.717) is 30.9 Å². The number of carbonyl (C=O) groups excluding carboxylic acids is 1. The van der Waals surface area contributed by atoms with Gasteiger partial charge in [-0.25, -0.2) is 0 Å². The van der Waals surface area contributed by atoms with Crippen LogP contribution in [0.4, 0.5) is 0 Å². The highest BCUT2D eigenvalue weighted by atomic mass is 16.5. The Labute approximate surface area is 118 Å². The second-order valence-electron chi connectivity index (χ2n) is 4.29. The first kappa shape index (κ1) is 14.2. The van der Waals surface area contributed by atoms with Crippen LogP contribution in [-0.2, 0) is 11.2 Å². The van der Waals surface area contributed by atoms with Gasteiger partial charge in [0.25, 0.3) is 0 Å². The van der Waals surface area contributed by atoms with Gasteiger partial charge in [0.05, 0.1) is 12.2 Å². The minimum atomic E-state index is 0.0317. The van der Waals surface area contributed by atoms with Gasteiger partial charge in [0.1, 0.15) is 12.4 Å². The van der Waals surface area contributed by atoms with Crippen molar-refractivity contribution in [3.05, 3.63) is 59.9 Å². The smallest absolute Gasteiger partial charge is 0.170 e. The fourth-order valence-electron chi connectivity index (χ4n) is 1.84. The van der Waals surface area contributed by atoms with E-state index in [2.05, 4.69) is 4.98 Å².